The lowest BCUT2D eigenvalue weighted by Crippen LogP contribution is -2.41. The van der Waals surface area contributed by atoms with E-state index in [4.69, 9.17) is 14.2 Å². The van der Waals surface area contributed by atoms with Gasteiger partial charge in [-0.3, -0.25) is 4.79 Å². The van der Waals surface area contributed by atoms with Crippen LogP contribution in [0.3, 0.4) is 0 Å². The van der Waals surface area contributed by atoms with Gasteiger partial charge >= 0.3 is 11.9 Å². The van der Waals surface area contributed by atoms with E-state index in [1.807, 2.05) is 0 Å². The van der Waals surface area contributed by atoms with Gasteiger partial charge in [0, 0.05) is 18.4 Å². The number of carbonyl (C=O) groups excluding carboxylic acids is 2. The van der Waals surface area contributed by atoms with Crippen LogP contribution in [0.4, 0.5) is 0 Å². The summed E-state index contributed by atoms with van der Waals surface area (Å²) in [6.07, 6.45) is 5.32. The molecule has 0 N–H and O–H groups in total. The first-order valence-electron chi connectivity index (χ1n) is 10.1. The number of fused-ring (bicyclic) bond motifs is 3. The molecule has 0 radical (unpaired) electrons. The Kier molecular flexibility index (Phi) is 5.80. The largest absolute Gasteiger partial charge is 0.458 e. The third-order valence-electron chi connectivity index (χ3n) is 6.45. The van der Waals surface area contributed by atoms with Crippen molar-refractivity contribution in [1.29, 1.82) is 0 Å². The molecule has 2 bridgehead atoms. The van der Waals surface area contributed by atoms with Crippen molar-refractivity contribution in [2.24, 2.45) is 11.8 Å². The molecular formula is C22H32O5. The van der Waals surface area contributed by atoms with Crippen LogP contribution in [0, 0.1) is 11.8 Å². The second-order valence-corrected chi connectivity index (χ2v) is 8.75. The Labute approximate surface area is 162 Å². The molecule has 3 aliphatic heterocycles. The molecule has 0 aromatic rings. The maximum Gasteiger partial charge on any atom is 0.334 e. The fourth-order valence-electron chi connectivity index (χ4n) is 4.83. The van der Waals surface area contributed by atoms with E-state index in [0.717, 1.165) is 44.1 Å². The van der Waals surface area contributed by atoms with Crippen LogP contribution >= 0.6 is 0 Å². The van der Waals surface area contributed by atoms with Gasteiger partial charge in [0.25, 0.3) is 0 Å². The molecule has 3 heterocycles. The molecule has 3 rings (SSSR count). The molecule has 3 aliphatic rings. The van der Waals surface area contributed by atoms with Crippen LogP contribution in [0.2, 0.25) is 0 Å². The van der Waals surface area contributed by atoms with E-state index in [1.54, 1.807) is 0 Å². The van der Waals surface area contributed by atoms with Crippen LogP contribution in [0.1, 0.15) is 65.7 Å². The average molecular weight is 376 g/mol. The predicted molar refractivity (Wildman–Crippen MR) is 102 cm³/mol. The van der Waals surface area contributed by atoms with E-state index >= 15 is 0 Å². The lowest BCUT2D eigenvalue weighted by Gasteiger charge is -2.34. The number of hydrogen-bond donors (Lipinski definition) is 0. The van der Waals surface area contributed by atoms with Crippen LogP contribution in [-0.2, 0) is 23.8 Å². The fourth-order valence-corrected chi connectivity index (χ4v) is 4.83. The molecule has 5 heteroatoms. The second kappa shape index (κ2) is 7.78. The number of carbonyl (C=O) groups is 2. The van der Waals surface area contributed by atoms with Crippen molar-refractivity contribution in [2.75, 3.05) is 0 Å². The molecule has 6 atom stereocenters. The predicted octanol–water partition coefficient (Wildman–Crippen LogP) is 4.11. The summed E-state index contributed by atoms with van der Waals surface area (Å²) in [5.41, 5.74) is 1.33. The van der Waals surface area contributed by atoms with Crippen LogP contribution < -0.4 is 0 Å². The van der Waals surface area contributed by atoms with Gasteiger partial charge in [-0.15, -0.1) is 0 Å². The second-order valence-electron chi connectivity index (χ2n) is 8.75. The highest BCUT2D eigenvalue weighted by Crippen LogP contribution is 2.42. The molecule has 5 nitrogen and oxygen atoms in total. The highest BCUT2D eigenvalue weighted by atomic mass is 16.6. The van der Waals surface area contributed by atoms with E-state index < -0.39 is 18.2 Å². The summed E-state index contributed by atoms with van der Waals surface area (Å²) in [7, 11) is 0. The average Bonchev–Trinajstić information content (AvgIpc) is 2.76. The summed E-state index contributed by atoms with van der Waals surface area (Å²) < 4.78 is 17.9. The molecule has 0 aromatic carbocycles. The molecule has 0 aromatic heterocycles. The van der Waals surface area contributed by atoms with Gasteiger partial charge in [-0.2, -0.15) is 0 Å². The normalized spacial score (nSPS) is 40.4. The van der Waals surface area contributed by atoms with E-state index in [2.05, 4.69) is 27.0 Å². The molecule has 0 unspecified atom stereocenters. The molecule has 0 aliphatic carbocycles. The minimum absolute atomic E-state index is 0.0899. The van der Waals surface area contributed by atoms with E-state index in [9.17, 15) is 9.59 Å². The van der Waals surface area contributed by atoms with Crippen molar-refractivity contribution in [3.8, 4) is 0 Å². The summed E-state index contributed by atoms with van der Waals surface area (Å²) >= 11 is 0. The maximum atomic E-state index is 12.3. The molecule has 150 valence electrons. The van der Waals surface area contributed by atoms with Gasteiger partial charge in [0.05, 0.1) is 11.7 Å². The van der Waals surface area contributed by atoms with E-state index in [-0.39, 0.29) is 29.5 Å². The number of hydrogen-bond acceptors (Lipinski definition) is 5. The van der Waals surface area contributed by atoms with Gasteiger partial charge in [0.2, 0.25) is 0 Å². The van der Waals surface area contributed by atoms with Crippen molar-refractivity contribution < 1.29 is 23.8 Å². The monoisotopic (exact) mass is 376 g/mol. The summed E-state index contributed by atoms with van der Waals surface area (Å²) in [5.74, 6) is -0.885. The highest BCUT2D eigenvalue weighted by molar-refractivity contribution is 5.91. The van der Waals surface area contributed by atoms with Crippen LogP contribution in [0.5, 0.6) is 0 Å². The third-order valence-corrected chi connectivity index (χ3v) is 6.45. The Morgan fingerprint density at radius 3 is 2.67 bits per heavy atom. The number of ether oxygens (including phenoxy) is 3. The lowest BCUT2D eigenvalue weighted by molar-refractivity contribution is -0.165. The zero-order chi connectivity index (χ0) is 19.8. The van der Waals surface area contributed by atoms with Crippen LogP contribution in [0.15, 0.2) is 24.3 Å². The lowest BCUT2D eigenvalue weighted by atomic mass is 9.81. The van der Waals surface area contributed by atoms with Gasteiger partial charge in [-0.05, 0) is 56.9 Å². The molecular weight excluding hydrogens is 344 g/mol. The van der Waals surface area contributed by atoms with E-state index in [0.29, 0.717) is 12.0 Å². The molecule has 3 fully saturated rings. The Hall–Kier alpha value is -1.62. The van der Waals surface area contributed by atoms with Gasteiger partial charge in [-0.25, -0.2) is 4.79 Å². The molecule has 3 saturated heterocycles. The smallest absolute Gasteiger partial charge is 0.334 e. The van der Waals surface area contributed by atoms with Gasteiger partial charge in [0.15, 0.2) is 0 Å². The Morgan fingerprint density at radius 1 is 1.26 bits per heavy atom. The van der Waals surface area contributed by atoms with Crippen LogP contribution in [-0.4, -0.2) is 35.9 Å². The standard InChI is InChI=1S/C22H32O5/c1-13-8-6-10-22(5)11-7-9-14(2)19(25-16(4)23)20-17(12-18(13)27-22)15(3)21(24)26-20/h14,17-20H,1,3,6-12H2,2,4-5H3/t14-,17-,18+,19+,20+,22+/m0/s1. The summed E-state index contributed by atoms with van der Waals surface area (Å²) in [5, 5.41) is 0. The molecule has 0 spiro atoms. The van der Waals surface area contributed by atoms with Gasteiger partial charge in [-0.1, -0.05) is 26.5 Å². The Balaban J connectivity index is 1.96. The highest BCUT2D eigenvalue weighted by Gasteiger charge is 2.48. The number of esters is 2. The van der Waals surface area contributed by atoms with Crippen molar-refractivity contribution >= 4 is 11.9 Å². The van der Waals surface area contributed by atoms with Gasteiger partial charge < -0.3 is 14.2 Å². The number of rotatable bonds is 1. The quantitative estimate of drug-likeness (QED) is 0.391. The third kappa shape index (κ3) is 4.29. The van der Waals surface area contributed by atoms with Crippen molar-refractivity contribution in [2.45, 2.75) is 89.6 Å². The SMILES string of the molecule is C=C1CCC[C@]2(C)CCC[C@H](C)[C@@H](OC(C)=O)[C@@H]3OC(=O)C(=C)[C@@H]3C[C@H]1O2. The first-order chi connectivity index (χ1) is 12.7. The van der Waals surface area contributed by atoms with Crippen molar-refractivity contribution in [3.05, 3.63) is 24.3 Å². The van der Waals surface area contributed by atoms with Crippen LogP contribution in [0.25, 0.3) is 0 Å². The zero-order valence-electron chi connectivity index (χ0n) is 16.8. The summed E-state index contributed by atoms with van der Waals surface area (Å²) in [4.78, 5) is 24.0. The van der Waals surface area contributed by atoms with Crippen molar-refractivity contribution in [1.82, 2.24) is 0 Å². The van der Waals surface area contributed by atoms with Gasteiger partial charge in [0.1, 0.15) is 12.2 Å². The maximum absolute atomic E-state index is 12.3. The Bertz CT molecular complexity index is 639. The topological polar surface area (TPSA) is 61.8 Å². The summed E-state index contributed by atoms with van der Waals surface area (Å²) in [6.45, 7) is 13.9. The first kappa shape index (κ1) is 20.1. The molecule has 0 saturated carbocycles. The molecule has 0 amide bonds. The molecule has 27 heavy (non-hydrogen) atoms. The fraction of sp³-hybridized carbons (Fsp3) is 0.727. The van der Waals surface area contributed by atoms with Crippen molar-refractivity contribution in [3.63, 3.8) is 0 Å². The Morgan fingerprint density at radius 2 is 1.96 bits per heavy atom. The summed E-state index contributed by atoms with van der Waals surface area (Å²) in [6, 6.07) is 0. The zero-order valence-corrected chi connectivity index (χ0v) is 16.8. The minimum atomic E-state index is -0.507. The minimum Gasteiger partial charge on any atom is -0.458 e. The first-order valence-corrected chi connectivity index (χ1v) is 10.1. The van der Waals surface area contributed by atoms with E-state index in [1.165, 1.54) is 6.92 Å².